The molecule has 0 bridgehead atoms. The van der Waals surface area contributed by atoms with E-state index < -0.39 is 0 Å². The molecule has 0 spiro atoms. The van der Waals surface area contributed by atoms with Crippen LogP contribution in [-0.4, -0.2) is 28.0 Å². The summed E-state index contributed by atoms with van der Waals surface area (Å²) in [5.41, 5.74) is 13.0. The highest BCUT2D eigenvalue weighted by atomic mass is 16.1. The Bertz CT molecular complexity index is 1670. The Morgan fingerprint density at radius 3 is 2.53 bits per heavy atom. The van der Waals surface area contributed by atoms with Gasteiger partial charge in [0, 0.05) is 40.6 Å². The van der Waals surface area contributed by atoms with Crippen molar-refractivity contribution < 1.29 is 4.79 Å². The third kappa shape index (κ3) is 4.70. The largest absolute Gasteiger partial charge is 0.399 e. The van der Waals surface area contributed by atoms with Gasteiger partial charge in [-0.1, -0.05) is 36.4 Å². The molecule has 1 aliphatic heterocycles. The van der Waals surface area contributed by atoms with Crippen LogP contribution < -0.4 is 21.7 Å². The number of rotatable bonds is 6. The van der Waals surface area contributed by atoms with Crippen LogP contribution >= 0.6 is 0 Å². The number of pyridine rings is 1. The minimum Gasteiger partial charge on any atom is -0.399 e. The summed E-state index contributed by atoms with van der Waals surface area (Å²) in [6.45, 7) is 0. The summed E-state index contributed by atoms with van der Waals surface area (Å²) >= 11 is 0. The van der Waals surface area contributed by atoms with E-state index in [-0.39, 0.29) is 12.2 Å². The van der Waals surface area contributed by atoms with E-state index in [0.29, 0.717) is 16.9 Å². The van der Waals surface area contributed by atoms with Crippen molar-refractivity contribution in [2.24, 2.45) is 4.99 Å². The quantitative estimate of drug-likeness (QED) is 0.239. The van der Waals surface area contributed by atoms with Gasteiger partial charge in [-0.25, -0.2) is 9.51 Å². The molecule has 0 saturated carbocycles. The van der Waals surface area contributed by atoms with Crippen LogP contribution in [0.5, 0.6) is 0 Å². The summed E-state index contributed by atoms with van der Waals surface area (Å²) in [7, 11) is 0. The number of aliphatic imine (C=N–C) groups is 1. The molecule has 8 nitrogen and oxygen atoms in total. The number of carbonyl (C=O) groups excluding carboxylic acids is 1. The molecule has 0 saturated heterocycles. The van der Waals surface area contributed by atoms with E-state index in [9.17, 15) is 4.79 Å². The maximum atomic E-state index is 12.8. The van der Waals surface area contributed by atoms with Crippen molar-refractivity contribution in [3.05, 3.63) is 120 Å². The zero-order valence-corrected chi connectivity index (χ0v) is 20.4. The lowest BCUT2D eigenvalue weighted by Crippen LogP contribution is -2.35. The van der Waals surface area contributed by atoms with Gasteiger partial charge in [0.15, 0.2) is 6.29 Å². The number of hydrogen-bond donors (Lipinski definition) is 4. The smallest absolute Gasteiger partial charge is 0.255 e. The first-order valence-electron chi connectivity index (χ1n) is 12.2. The van der Waals surface area contributed by atoms with Crippen LogP contribution in [0.4, 0.5) is 17.1 Å². The second-order valence-electron chi connectivity index (χ2n) is 8.85. The van der Waals surface area contributed by atoms with Crippen molar-refractivity contribution in [3.8, 4) is 11.3 Å². The number of aromatic nitrogens is 2. The highest BCUT2D eigenvalue weighted by molar-refractivity contribution is 6.05. The molecule has 3 aromatic carbocycles. The Labute approximate surface area is 219 Å². The van der Waals surface area contributed by atoms with E-state index in [1.165, 1.54) is 0 Å². The number of fused-ring (bicyclic) bond motifs is 1. The average Bonchev–Trinajstić information content (AvgIpc) is 3.34. The molecule has 2 aromatic heterocycles. The fourth-order valence-corrected chi connectivity index (χ4v) is 4.41. The number of benzene rings is 3. The van der Waals surface area contributed by atoms with Crippen LogP contribution in [0.15, 0.2) is 114 Å². The van der Waals surface area contributed by atoms with Gasteiger partial charge in [-0.05, 0) is 66.7 Å². The van der Waals surface area contributed by atoms with E-state index in [2.05, 4.69) is 20.9 Å². The van der Waals surface area contributed by atoms with Gasteiger partial charge in [0.1, 0.15) is 5.69 Å². The normalized spacial score (nSPS) is 14.5. The minimum absolute atomic E-state index is 0.208. The summed E-state index contributed by atoms with van der Waals surface area (Å²) in [5.74, 6) is -0.208. The van der Waals surface area contributed by atoms with E-state index in [1.54, 1.807) is 30.5 Å². The van der Waals surface area contributed by atoms with Crippen molar-refractivity contribution in [2.45, 2.75) is 6.29 Å². The molecule has 0 aliphatic carbocycles. The molecule has 0 fully saturated rings. The minimum atomic E-state index is -0.338. The molecule has 6 rings (SSSR count). The summed E-state index contributed by atoms with van der Waals surface area (Å²) in [4.78, 5) is 17.3. The maximum absolute atomic E-state index is 12.8. The van der Waals surface area contributed by atoms with Crippen LogP contribution in [0.2, 0.25) is 0 Å². The molecule has 1 aliphatic rings. The highest BCUT2D eigenvalue weighted by Crippen LogP contribution is 2.33. The maximum Gasteiger partial charge on any atom is 0.255 e. The fourth-order valence-electron chi connectivity index (χ4n) is 4.41. The number of amides is 1. The molecule has 186 valence electrons. The lowest BCUT2D eigenvalue weighted by atomic mass is 10.0. The first kappa shape index (κ1) is 23.1. The predicted molar refractivity (Wildman–Crippen MR) is 153 cm³/mol. The molecule has 0 radical (unpaired) electrons. The number of nitrogens with zero attached hydrogens (tertiary/aromatic N) is 3. The summed E-state index contributed by atoms with van der Waals surface area (Å²) in [6.07, 6.45) is 5.33. The third-order valence-electron chi connectivity index (χ3n) is 6.22. The zero-order valence-electron chi connectivity index (χ0n) is 20.4. The summed E-state index contributed by atoms with van der Waals surface area (Å²) in [5, 5.41) is 14.8. The van der Waals surface area contributed by atoms with Crippen LogP contribution in [0.3, 0.4) is 0 Å². The number of nitrogen functional groups attached to an aromatic ring is 1. The van der Waals surface area contributed by atoms with Crippen LogP contribution in [0, 0.1) is 0 Å². The number of allylic oxidation sites excluding steroid dienone is 1. The molecular weight excluding hydrogens is 474 g/mol. The number of para-hydroxylation sites is 1. The van der Waals surface area contributed by atoms with E-state index in [1.807, 2.05) is 89.6 Å². The Morgan fingerprint density at radius 2 is 1.68 bits per heavy atom. The zero-order chi connectivity index (χ0) is 25.9. The van der Waals surface area contributed by atoms with Gasteiger partial charge in [0.2, 0.25) is 0 Å². The van der Waals surface area contributed by atoms with Gasteiger partial charge < -0.3 is 21.7 Å². The van der Waals surface area contributed by atoms with Crippen LogP contribution in [0.1, 0.15) is 15.9 Å². The number of anilines is 3. The average molecular weight is 500 g/mol. The van der Waals surface area contributed by atoms with Crippen molar-refractivity contribution >= 4 is 40.4 Å². The van der Waals surface area contributed by atoms with Crippen LogP contribution in [-0.2, 0) is 0 Å². The Morgan fingerprint density at radius 1 is 0.895 bits per heavy atom. The van der Waals surface area contributed by atoms with Gasteiger partial charge >= 0.3 is 0 Å². The number of nitrogens with two attached hydrogens (primary N) is 1. The molecule has 1 atom stereocenters. The van der Waals surface area contributed by atoms with Gasteiger partial charge in [-0.15, -0.1) is 0 Å². The van der Waals surface area contributed by atoms with Crippen molar-refractivity contribution in [1.29, 1.82) is 0 Å². The SMILES string of the molecule is Nc1ccc(C(=O)Nc2cccc(-c3nn4ccccc4c3C3=CC=NC(Nc4ccccc4)N3)c2)cc1. The summed E-state index contributed by atoms with van der Waals surface area (Å²) in [6, 6.07) is 30.4. The Hall–Kier alpha value is -5.37. The van der Waals surface area contributed by atoms with Crippen molar-refractivity contribution in [3.63, 3.8) is 0 Å². The van der Waals surface area contributed by atoms with E-state index in [4.69, 9.17) is 10.8 Å². The second-order valence-corrected chi connectivity index (χ2v) is 8.85. The third-order valence-corrected chi connectivity index (χ3v) is 6.22. The standard InChI is InChI=1S/C30H25N7O/c31-22-14-12-20(13-15-22)29(38)33-24-10-6-7-21(19-24)28-27(26-11-4-5-18-37(26)36-28)25-16-17-32-30(35-25)34-23-8-2-1-3-9-23/h1-19,30,34-35H,31H2,(H,33,38). The second kappa shape index (κ2) is 9.94. The van der Waals surface area contributed by atoms with Gasteiger partial charge in [-0.2, -0.15) is 5.10 Å². The lowest BCUT2D eigenvalue weighted by Gasteiger charge is -2.23. The summed E-state index contributed by atoms with van der Waals surface area (Å²) < 4.78 is 1.86. The van der Waals surface area contributed by atoms with E-state index in [0.717, 1.165) is 33.7 Å². The Balaban J connectivity index is 1.33. The number of hydrogen-bond acceptors (Lipinski definition) is 6. The molecule has 38 heavy (non-hydrogen) atoms. The fraction of sp³-hybridized carbons (Fsp3) is 0.0333. The lowest BCUT2D eigenvalue weighted by molar-refractivity contribution is 0.102. The topological polar surface area (TPSA) is 109 Å². The molecule has 1 unspecified atom stereocenters. The van der Waals surface area contributed by atoms with Crippen molar-refractivity contribution in [2.75, 3.05) is 16.4 Å². The number of nitrogens with one attached hydrogen (secondary N) is 3. The predicted octanol–water partition coefficient (Wildman–Crippen LogP) is 5.25. The van der Waals surface area contributed by atoms with Gasteiger partial charge in [0.25, 0.3) is 5.91 Å². The first-order valence-corrected chi connectivity index (χ1v) is 12.2. The van der Waals surface area contributed by atoms with Crippen LogP contribution in [0.25, 0.3) is 22.5 Å². The van der Waals surface area contributed by atoms with Crippen molar-refractivity contribution in [1.82, 2.24) is 14.9 Å². The Kier molecular flexibility index (Phi) is 6.03. The molecular formula is C30H25N7O. The molecule has 5 aromatic rings. The highest BCUT2D eigenvalue weighted by Gasteiger charge is 2.22. The van der Waals surface area contributed by atoms with E-state index >= 15 is 0 Å². The monoisotopic (exact) mass is 499 g/mol. The molecule has 3 heterocycles. The van der Waals surface area contributed by atoms with Gasteiger partial charge in [-0.3, -0.25) is 4.79 Å². The molecule has 8 heteroatoms. The first-order chi connectivity index (χ1) is 18.6. The number of carbonyl (C=O) groups is 1. The molecule has 5 N–H and O–H groups in total. The molecule has 1 amide bonds. The van der Waals surface area contributed by atoms with Gasteiger partial charge in [0.05, 0.1) is 16.8 Å².